The van der Waals surface area contributed by atoms with E-state index in [4.69, 9.17) is 16.3 Å². The largest absolute Gasteiger partial charge is 0.495 e. The number of ether oxygens (including phenoxy) is 1. The van der Waals surface area contributed by atoms with Crippen LogP contribution in [0.4, 0.5) is 5.69 Å². The van der Waals surface area contributed by atoms with Crippen LogP contribution >= 0.6 is 11.6 Å². The number of benzene rings is 1. The Labute approximate surface area is 159 Å². The Morgan fingerprint density at radius 1 is 1.08 bits per heavy atom. The van der Waals surface area contributed by atoms with Crippen molar-refractivity contribution in [2.45, 2.75) is 57.9 Å². The van der Waals surface area contributed by atoms with Gasteiger partial charge in [0, 0.05) is 17.1 Å². The zero-order valence-corrected chi connectivity index (χ0v) is 16.2. The molecule has 142 valence electrons. The van der Waals surface area contributed by atoms with E-state index in [0.717, 1.165) is 18.4 Å². The molecule has 3 rings (SSSR count). The molecule has 0 bridgehead atoms. The molecular formula is C20H27ClN2O3. The summed E-state index contributed by atoms with van der Waals surface area (Å²) in [6.07, 6.45) is 7.57. The number of amides is 2. The second-order valence-electron chi connectivity index (χ2n) is 7.44. The number of carbonyl (C=O) groups excluding carboxylic acids is 2. The predicted molar refractivity (Wildman–Crippen MR) is 103 cm³/mol. The maximum absolute atomic E-state index is 12.5. The van der Waals surface area contributed by atoms with E-state index < -0.39 is 0 Å². The summed E-state index contributed by atoms with van der Waals surface area (Å²) in [6.45, 7) is 1.87. The molecule has 2 aliphatic carbocycles. The van der Waals surface area contributed by atoms with Crippen molar-refractivity contribution in [3.8, 4) is 5.75 Å². The van der Waals surface area contributed by atoms with Crippen LogP contribution in [0, 0.1) is 18.8 Å². The van der Waals surface area contributed by atoms with Crippen LogP contribution in [-0.2, 0) is 9.59 Å². The first kappa shape index (κ1) is 19.0. The lowest BCUT2D eigenvalue weighted by Gasteiger charge is -2.16. The van der Waals surface area contributed by atoms with Crippen LogP contribution in [0.3, 0.4) is 0 Å². The van der Waals surface area contributed by atoms with Gasteiger partial charge in [-0.25, -0.2) is 0 Å². The molecule has 0 heterocycles. The number of hydrogen-bond donors (Lipinski definition) is 2. The van der Waals surface area contributed by atoms with E-state index in [1.807, 2.05) is 6.92 Å². The number of nitrogens with one attached hydrogen (secondary N) is 2. The molecule has 2 amide bonds. The summed E-state index contributed by atoms with van der Waals surface area (Å²) in [4.78, 5) is 25.0. The van der Waals surface area contributed by atoms with Gasteiger partial charge in [-0.15, -0.1) is 0 Å². The minimum absolute atomic E-state index is 0.0244. The first-order valence-corrected chi connectivity index (χ1v) is 9.82. The molecule has 2 aliphatic rings. The topological polar surface area (TPSA) is 67.4 Å². The number of anilines is 1. The Hall–Kier alpha value is -1.75. The third-order valence-electron chi connectivity index (χ3n) is 5.40. The van der Waals surface area contributed by atoms with E-state index in [2.05, 4.69) is 10.6 Å². The Morgan fingerprint density at radius 2 is 1.73 bits per heavy atom. The van der Waals surface area contributed by atoms with E-state index in [9.17, 15) is 9.59 Å². The third kappa shape index (κ3) is 4.50. The average Bonchev–Trinajstić information content (AvgIpc) is 3.42. The highest BCUT2D eigenvalue weighted by atomic mass is 35.5. The number of rotatable bonds is 5. The fourth-order valence-electron chi connectivity index (χ4n) is 3.66. The molecule has 6 heteroatoms. The summed E-state index contributed by atoms with van der Waals surface area (Å²) in [5, 5.41) is 6.62. The van der Waals surface area contributed by atoms with Gasteiger partial charge in [-0.3, -0.25) is 9.59 Å². The maximum Gasteiger partial charge on any atom is 0.228 e. The SMILES string of the molecule is COc1cc(Cl)c(C)cc1NC(=O)C1CC1C(=O)NC1CCCCCC1. The van der Waals surface area contributed by atoms with Gasteiger partial charge in [-0.2, -0.15) is 0 Å². The zero-order chi connectivity index (χ0) is 18.7. The quantitative estimate of drug-likeness (QED) is 0.759. The molecule has 26 heavy (non-hydrogen) atoms. The second-order valence-corrected chi connectivity index (χ2v) is 7.84. The molecule has 0 saturated heterocycles. The van der Waals surface area contributed by atoms with Gasteiger partial charge in [0.15, 0.2) is 0 Å². The highest BCUT2D eigenvalue weighted by Crippen LogP contribution is 2.41. The lowest BCUT2D eigenvalue weighted by Crippen LogP contribution is -2.36. The minimum atomic E-state index is -0.263. The number of carbonyl (C=O) groups is 2. The van der Waals surface area contributed by atoms with Crippen molar-refractivity contribution >= 4 is 29.1 Å². The van der Waals surface area contributed by atoms with Crippen molar-refractivity contribution in [2.24, 2.45) is 11.8 Å². The van der Waals surface area contributed by atoms with Crippen molar-refractivity contribution < 1.29 is 14.3 Å². The van der Waals surface area contributed by atoms with Gasteiger partial charge in [0.25, 0.3) is 0 Å². The van der Waals surface area contributed by atoms with Gasteiger partial charge in [0.1, 0.15) is 5.75 Å². The van der Waals surface area contributed by atoms with Crippen molar-refractivity contribution in [1.82, 2.24) is 5.32 Å². The molecule has 0 radical (unpaired) electrons. The second kappa shape index (κ2) is 8.30. The van der Waals surface area contributed by atoms with E-state index in [-0.39, 0.29) is 29.7 Å². The van der Waals surface area contributed by atoms with E-state index in [1.54, 1.807) is 12.1 Å². The van der Waals surface area contributed by atoms with E-state index in [0.29, 0.717) is 22.9 Å². The van der Waals surface area contributed by atoms with Gasteiger partial charge >= 0.3 is 0 Å². The highest BCUT2D eigenvalue weighted by Gasteiger charge is 2.48. The van der Waals surface area contributed by atoms with Crippen molar-refractivity contribution in [1.29, 1.82) is 0 Å². The molecule has 0 aliphatic heterocycles. The lowest BCUT2D eigenvalue weighted by atomic mass is 10.1. The van der Waals surface area contributed by atoms with Crippen molar-refractivity contribution in [3.05, 3.63) is 22.7 Å². The van der Waals surface area contributed by atoms with Crippen LogP contribution < -0.4 is 15.4 Å². The molecule has 0 aromatic heterocycles. The first-order valence-electron chi connectivity index (χ1n) is 9.45. The van der Waals surface area contributed by atoms with Crippen LogP contribution in [0.25, 0.3) is 0 Å². The molecule has 2 unspecified atom stereocenters. The molecule has 2 saturated carbocycles. The third-order valence-corrected chi connectivity index (χ3v) is 5.81. The smallest absolute Gasteiger partial charge is 0.228 e. The molecular weight excluding hydrogens is 352 g/mol. The molecule has 1 aromatic rings. The van der Waals surface area contributed by atoms with E-state index >= 15 is 0 Å². The Kier molecular flexibility index (Phi) is 6.07. The highest BCUT2D eigenvalue weighted by molar-refractivity contribution is 6.31. The van der Waals surface area contributed by atoms with Crippen LogP contribution in [0.1, 0.15) is 50.5 Å². The van der Waals surface area contributed by atoms with Gasteiger partial charge in [0.05, 0.1) is 24.6 Å². The van der Waals surface area contributed by atoms with Gasteiger partial charge in [-0.05, 0) is 37.8 Å². The van der Waals surface area contributed by atoms with Crippen LogP contribution in [0.15, 0.2) is 12.1 Å². The minimum Gasteiger partial charge on any atom is -0.495 e. The molecule has 2 fully saturated rings. The Bertz CT molecular complexity index is 684. The normalized spacial score (nSPS) is 23.0. The summed E-state index contributed by atoms with van der Waals surface area (Å²) in [5.74, 6) is -0.0597. The molecule has 0 spiro atoms. The van der Waals surface area contributed by atoms with Crippen LogP contribution in [0.5, 0.6) is 5.75 Å². The fraction of sp³-hybridized carbons (Fsp3) is 0.600. The van der Waals surface area contributed by atoms with Gasteiger partial charge in [0.2, 0.25) is 11.8 Å². The van der Waals surface area contributed by atoms with E-state index in [1.165, 1.54) is 32.8 Å². The van der Waals surface area contributed by atoms with Crippen LogP contribution in [0.2, 0.25) is 5.02 Å². The Morgan fingerprint density at radius 3 is 2.38 bits per heavy atom. The standard InChI is InChI=1S/C20H27ClN2O3/c1-12-9-17(18(26-2)11-16(12)21)23-20(25)15-10-14(15)19(24)22-13-7-5-3-4-6-8-13/h9,11,13-15H,3-8,10H2,1-2H3,(H,22,24)(H,23,25). The van der Waals surface area contributed by atoms with Gasteiger partial charge in [-0.1, -0.05) is 37.3 Å². The fourth-order valence-corrected chi connectivity index (χ4v) is 3.82. The number of halogens is 1. The summed E-state index contributed by atoms with van der Waals surface area (Å²) in [6, 6.07) is 3.76. The van der Waals surface area contributed by atoms with Gasteiger partial charge < -0.3 is 15.4 Å². The maximum atomic E-state index is 12.5. The monoisotopic (exact) mass is 378 g/mol. The van der Waals surface area contributed by atoms with Crippen LogP contribution in [-0.4, -0.2) is 25.0 Å². The van der Waals surface area contributed by atoms with Crippen molar-refractivity contribution in [3.63, 3.8) is 0 Å². The summed E-state index contributed by atoms with van der Waals surface area (Å²) < 4.78 is 5.29. The summed E-state index contributed by atoms with van der Waals surface area (Å²) >= 11 is 6.10. The Balaban J connectivity index is 1.55. The molecule has 1 aromatic carbocycles. The number of methoxy groups -OCH3 is 1. The number of aryl methyl sites for hydroxylation is 1. The zero-order valence-electron chi connectivity index (χ0n) is 15.4. The average molecular weight is 379 g/mol. The summed E-state index contributed by atoms with van der Waals surface area (Å²) in [5.41, 5.74) is 1.45. The first-order chi connectivity index (χ1) is 12.5. The lowest BCUT2D eigenvalue weighted by molar-refractivity contribution is -0.125. The molecule has 2 N–H and O–H groups in total. The van der Waals surface area contributed by atoms with Crippen molar-refractivity contribution in [2.75, 3.05) is 12.4 Å². The molecule has 5 nitrogen and oxygen atoms in total. The molecule has 2 atom stereocenters. The number of hydrogen-bond acceptors (Lipinski definition) is 3. The summed E-state index contributed by atoms with van der Waals surface area (Å²) in [7, 11) is 1.54. The predicted octanol–water partition coefficient (Wildman–Crippen LogP) is 4.07.